The van der Waals surface area contributed by atoms with E-state index in [-0.39, 0.29) is 43.4 Å². The maximum Gasteiger partial charge on any atom is 0.407 e. The Balaban J connectivity index is 1.15. The number of nitrogens with one attached hydrogen (secondary N) is 1. The van der Waals surface area contributed by atoms with Crippen molar-refractivity contribution in [3.63, 3.8) is 0 Å². The zero-order valence-corrected chi connectivity index (χ0v) is 19.7. The third-order valence-corrected chi connectivity index (χ3v) is 7.55. The van der Waals surface area contributed by atoms with E-state index in [0.717, 1.165) is 11.1 Å². The third kappa shape index (κ3) is 4.50. The molecule has 2 aromatic carbocycles. The van der Waals surface area contributed by atoms with E-state index in [4.69, 9.17) is 9.47 Å². The number of likely N-dealkylation sites (tertiary alicyclic amines) is 1. The average molecular weight is 479 g/mol. The maximum atomic E-state index is 13.0. The summed E-state index contributed by atoms with van der Waals surface area (Å²) in [6, 6.07) is 16.3. The zero-order chi connectivity index (χ0) is 24.5. The molecule has 2 fully saturated rings. The Hall–Kier alpha value is -3.39. The van der Waals surface area contributed by atoms with Crippen LogP contribution in [0.1, 0.15) is 30.4 Å². The molecule has 8 nitrogen and oxygen atoms in total. The number of fused-ring (bicyclic) bond motifs is 3. The first-order chi connectivity index (χ1) is 16.9. The summed E-state index contributed by atoms with van der Waals surface area (Å²) in [5.41, 5.74) is 4.64. The monoisotopic (exact) mass is 478 g/mol. The maximum absolute atomic E-state index is 13.0. The molecule has 3 aliphatic rings. The fraction of sp³-hybridized carbons (Fsp3) is 0.444. The van der Waals surface area contributed by atoms with Crippen LogP contribution >= 0.6 is 0 Å². The number of carbonyl (C=O) groups is 3. The highest BCUT2D eigenvalue weighted by molar-refractivity contribution is 5.83. The van der Waals surface area contributed by atoms with Crippen molar-refractivity contribution < 1.29 is 29.0 Å². The van der Waals surface area contributed by atoms with E-state index in [9.17, 15) is 19.5 Å². The van der Waals surface area contributed by atoms with Gasteiger partial charge in [-0.25, -0.2) is 4.79 Å². The number of carboxylic acids is 1. The number of hydrogen-bond donors (Lipinski definition) is 2. The van der Waals surface area contributed by atoms with Gasteiger partial charge >= 0.3 is 12.1 Å². The van der Waals surface area contributed by atoms with Crippen molar-refractivity contribution in [1.29, 1.82) is 0 Å². The summed E-state index contributed by atoms with van der Waals surface area (Å²) in [5.74, 6) is -1.93. The number of hydrogen-bond acceptors (Lipinski definition) is 5. The summed E-state index contributed by atoms with van der Waals surface area (Å²) >= 11 is 0. The van der Waals surface area contributed by atoms with E-state index >= 15 is 0 Å². The fourth-order valence-corrected chi connectivity index (χ4v) is 5.63. The van der Waals surface area contributed by atoms with Crippen molar-refractivity contribution in [2.75, 3.05) is 32.8 Å². The van der Waals surface area contributed by atoms with E-state index in [1.807, 2.05) is 31.2 Å². The van der Waals surface area contributed by atoms with E-state index in [1.54, 1.807) is 4.90 Å². The van der Waals surface area contributed by atoms with Crippen LogP contribution in [-0.2, 0) is 19.1 Å². The van der Waals surface area contributed by atoms with Crippen LogP contribution < -0.4 is 5.32 Å². The van der Waals surface area contributed by atoms with Crippen LogP contribution in [0.5, 0.6) is 0 Å². The Morgan fingerprint density at radius 2 is 1.71 bits per heavy atom. The molecule has 2 aromatic rings. The van der Waals surface area contributed by atoms with Crippen LogP contribution in [0.25, 0.3) is 11.1 Å². The number of carboxylic acid groups (broad SMARTS) is 1. The molecule has 2 aliphatic heterocycles. The molecule has 5 rings (SSSR count). The van der Waals surface area contributed by atoms with Crippen LogP contribution in [0.2, 0.25) is 0 Å². The Labute approximate surface area is 204 Å². The summed E-state index contributed by atoms with van der Waals surface area (Å²) in [5, 5.41) is 12.2. The molecule has 0 radical (unpaired) electrons. The summed E-state index contributed by atoms with van der Waals surface area (Å²) < 4.78 is 11.3. The third-order valence-electron chi connectivity index (χ3n) is 7.55. The lowest BCUT2D eigenvalue weighted by atomic mass is 9.98. The van der Waals surface area contributed by atoms with E-state index in [1.165, 1.54) is 11.1 Å². The van der Waals surface area contributed by atoms with Crippen molar-refractivity contribution in [3.8, 4) is 11.1 Å². The van der Waals surface area contributed by atoms with Gasteiger partial charge in [-0.2, -0.15) is 0 Å². The molecule has 8 heteroatoms. The van der Waals surface area contributed by atoms with Crippen molar-refractivity contribution in [2.24, 2.45) is 17.8 Å². The molecule has 1 aliphatic carbocycles. The predicted octanol–water partition coefficient (Wildman–Crippen LogP) is 3.11. The Kier molecular flexibility index (Phi) is 6.47. The van der Waals surface area contributed by atoms with Gasteiger partial charge < -0.3 is 24.8 Å². The number of alkyl carbamates (subject to hydrolysis) is 1. The number of amides is 2. The Bertz CT molecular complexity index is 1090. The SMILES string of the molecule is CC1CN(C(=O)C2OCCC2CNC(=O)OCC2c3ccccc3-c3ccccc32)CC1C(=O)O. The van der Waals surface area contributed by atoms with Gasteiger partial charge in [-0.05, 0) is 34.6 Å². The first-order valence-corrected chi connectivity index (χ1v) is 12.2. The molecule has 2 heterocycles. The van der Waals surface area contributed by atoms with Gasteiger partial charge in [-0.15, -0.1) is 0 Å². The normalized spacial score (nSPS) is 25.2. The number of benzene rings is 2. The standard InChI is InChI=1S/C27H30N2O6/c1-16-13-29(14-22(16)26(31)32)25(30)24-17(10-11-34-24)12-28-27(33)35-15-23-20-8-4-2-6-18(20)19-7-3-5-9-21(19)23/h2-9,16-17,22-24H,10-15H2,1H3,(H,28,33)(H,31,32). The fourth-order valence-electron chi connectivity index (χ4n) is 5.63. The number of rotatable bonds is 6. The molecule has 2 amide bonds. The van der Waals surface area contributed by atoms with Crippen molar-refractivity contribution >= 4 is 18.0 Å². The number of ether oxygens (including phenoxy) is 2. The Morgan fingerprint density at radius 1 is 1.06 bits per heavy atom. The highest BCUT2D eigenvalue weighted by Crippen LogP contribution is 2.44. The van der Waals surface area contributed by atoms with Crippen LogP contribution in [-0.4, -0.2) is 66.9 Å². The van der Waals surface area contributed by atoms with Gasteiger partial charge in [0.15, 0.2) is 0 Å². The molecule has 0 saturated carbocycles. The molecule has 2 saturated heterocycles. The van der Waals surface area contributed by atoms with Crippen LogP contribution in [0, 0.1) is 17.8 Å². The number of carbonyl (C=O) groups excluding carboxylic acids is 2. The van der Waals surface area contributed by atoms with Gasteiger partial charge in [-0.1, -0.05) is 55.5 Å². The van der Waals surface area contributed by atoms with Crippen molar-refractivity contribution in [2.45, 2.75) is 25.4 Å². The molecule has 0 spiro atoms. The molecular weight excluding hydrogens is 448 g/mol. The summed E-state index contributed by atoms with van der Waals surface area (Å²) in [7, 11) is 0. The highest BCUT2D eigenvalue weighted by atomic mass is 16.5. The smallest absolute Gasteiger partial charge is 0.407 e. The molecule has 35 heavy (non-hydrogen) atoms. The summed E-state index contributed by atoms with van der Waals surface area (Å²) in [4.78, 5) is 38.5. The minimum atomic E-state index is -0.881. The van der Waals surface area contributed by atoms with Crippen LogP contribution in [0.4, 0.5) is 4.79 Å². The van der Waals surface area contributed by atoms with Gasteiger partial charge in [0, 0.05) is 38.1 Å². The molecule has 4 atom stereocenters. The molecule has 0 bridgehead atoms. The highest BCUT2D eigenvalue weighted by Gasteiger charge is 2.43. The first kappa shape index (κ1) is 23.4. The van der Waals surface area contributed by atoms with Crippen molar-refractivity contribution in [3.05, 3.63) is 59.7 Å². The molecule has 2 N–H and O–H groups in total. The quantitative estimate of drug-likeness (QED) is 0.661. The van der Waals surface area contributed by atoms with E-state index in [0.29, 0.717) is 19.6 Å². The van der Waals surface area contributed by atoms with Gasteiger partial charge in [0.25, 0.3) is 5.91 Å². The van der Waals surface area contributed by atoms with E-state index < -0.39 is 24.1 Å². The second-order valence-electron chi connectivity index (χ2n) is 9.71. The lowest BCUT2D eigenvalue weighted by Crippen LogP contribution is -2.44. The zero-order valence-electron chi connectivity index (χ0n) is 19.7. The lowest BCUT2D eigenvalue weighted by Gasteiger charge is -2.24. The van der Waals surface area contributed by atoms with Gasteiger partial charge in [0.05, 0.1) is 5.92 Å². The van der Waals surface area contributed by atoms with Crippen LogP contribution in [0.3, 0.4) is 0 Å². The average Bonchev–Trinajstić information content (AvgIpc) is 3.57. The number of aliphatic carboxylic acids is 1. The minimum Gasteiger partial charge on any atom is -0.481 e. The first-order valence-electron chi connectivity index (χ1n) is 12.2. The molecular formula is C27H30N2O6. The number of nitrogens with zero attached hydrogens (tertiary/aromatic N) is 1. The Morgan fingerprint density at radius 3 is 2.34 bits per heavy atom. The minimum absolute atomic E-state index is 0.0170. The van der Waals surface area contributed by atoms with E-state index in [2.05, 4.69) is 29.6 Å². The summed E-state index contributed by atoms with van der Waals surface area (Å²) in [6.07, 6.45) is -0.555. The van der Waals surface area contributed by atoms with Crippen molar-refractivity contribution in [1.82, 2.24) is 10.2 Å². The largest absolute Gasteiger partial charge is 0.481 e. The van der Waals surface area contributed by atoms with Gasteiger partial charge in [0.2, 0.25) is 0 Å². The molecule has 184 valence electrons. The lowest BCUT2D eigenvalue weighted by molar-refractivity contribution is -0.143. The van der Waals surface area contributed by atoms with Crippen LogP contribution in [0.15, 0.2) is 48.5 Å². The summed E-state index contributed by atoms with van der Waals surface area (Å²) in [6.45, 7) is 3.37. The second-order valence-corrected chi connectivity index (χ2v) is 9.71. The van der Waals surface area contributed by atoms with Gasteiger partial charge in [0.1, 0.15) is 12.7 Å². The topological polar surface area (TPSA) is 105 Å². The second kappa shape index (κ2) is 9.70. The predicted molar refractivity (Wildman–Crippen MR) is 128 cm³/mol. The van der Waals surface area contributed by atoms with Gasteiger partial charge in [-0.3, -0.25) is 9.59 Å². The molecule has 4 unspecified atom stereocenters. The molecule has 0 aromatic heterocycles.